The van der Waals surface area contributed by atoms with Crippen molar-refractivity contribution in [3.8, 4) is 5.75 Å². The number of ether oxygens (including phenoxy) is 1. The Morgan fingerprint density at radius 1 is 1.29 bits per heavy atom. The number of hydrogen-bond donors (Lipinski definition) is 1. The molecule has 1 saturated heterocycles. The van der Waals surface area contributed by atoms with Crippen molar-refractivity contribution in [1.29, 1.82) is 0 Å². The zero-order valence-corrected chi connectivity index (χ0v) is 15.9. The molecule has 7 nitrogen and oxygen atoms in total. The van der Waals surface area contributed by atoms with E-state index in [0.717, 1.165) is 36.6 Å². The maximum absolute atomic E-state index is 13.6. The highest BCUT2D eigenvalue weighted by atomic mass is 19.1. The van der Waals surface area contributed by atoms with Crippen molar-refractivity contribution in [1.82, 2.24) is 25.1 Å². The molecule has 4 rings (SSSR count). The van der Waals surface area contributed by atoms with Gasteiger partial charge in [0, 0.05) is 56.8 Å². The van der Waals surface area contributed by atoms with Crippen LogP contribution in [0.25, 0.3) is 0 Å². The Morgan fingerprint density at radius 3 is 2.96 bits per heavy atom. The summed E-state index contributed by atoms with van der Waals surface area (Å²) in [6.07, 6.45) is 7.09. The first-order valence-corrected chi connectivity index (χ1v) is 9.21. The summed E-state index contributed by atoms with van der Waals surface area (Å²) in [7, 11) is 3.58. The van der Waals surface area contributed by atoms with Gasteiger partial charge in [-0.2, -0.15) is 0 Å². The number of hydrogen-bond acceptors (Lipinski definition) is 7. The number of aromatic nitrogens is 2. The van der Waals surface area contributed by atoms with Crippen LogP contribution < -0.4 is 10.1 Å². The van der Waals surface area contributed by atoms with E-state index >= 15 is 0 Å². The van der Waals surface area contributed by atoms with Gasteiger partial charge in [-0.05, 0) is 18.2 Å². The Kier molecular flexibility index (Phi) is 5.31. The normalized spacial score (nSPS) is 22.8. The molecule has 2 aliphatic heterocycles. The summed E-state index contributed by atoms with van der Waals surface area (Å²) < 4.78 is 19.0. The van der Waals surface area contributed by atoms with Crippen LogP contribution in [0.2, 0.25) is 0 Å². The van der Waals surface area contributed by atoms with Crippen LogP contribution in [-0.2, 0) is 0 Å². The summed E-state index contributed by atoms with van der Waals surface area (Å²) in [5.74, 6) is 0.255. The number of aliphatic imine (C=N–C) groups is 1. The van der Waals surface area contributed by atoms with Gasteiger partial charge in [0.05, 0.1) is 18.5 Å². The quantitative estimate of drug-likeness (QED) is 0.870. The second kappa shape index (κ2) is 8.04. The molecular weight excluding hydrogens is 359 g/mol. The fourth-order valence-corrected chi connectivity index (χ4v) is 3.62. The number of benzene rings is 1. The maximum atomic E-state index is 13.6. The zero-order valence-electron chi connectivity index (χ0n) is 15.9. The van der Waals surface area contributed by atoms with Crippen molar-refractivity contribution < 1.29 is 9.13 Å². The first kappa shape index (κ1) is 18.5. The van der Waals surface area contributed by atoms with Gasteiger partial charge in [-0.3, -0.25) is 4.90 Å². The third-order valence-corrected chi connectivity index (χ3v) is 5.04. The summed E-state index contributed by atoms with van der Waals surface area (Å²) in [5.41, 5.74) is 2.58. The van der Waals surface area contributed by atoms with Crippen molar-refractivity contribution in [2.75, 3.05) is 33.8 Å². The van der Waals surface area contributed by atoms with Crippen molar-refractivity contribution in [3.63, 3.8) is 0 Å². The lowest BCUT2D eigenvalue weighted by Crippen LogP contribution is -2.54. The number of nitrogens with zero attached hydrogens (tertiary/aromatic N) is 5. The fourth-order valence-electron chi connectivity index (χ4n) is 3.62. The minimum absolute atomic E-state index is 0.0290. The monoisotopic (exact) mass is 382 g/mol. The summed E-state index contributed by atoms with van der Waals surface area (Å²) in [6.45, 7) is 2.38. The van der Waals surface area contributed by atoms with E-state index in [-0.39, 0.29) is 18.1 Å². The molecule has 2 atom stereocenters. The van der Waals surface area contributed by atoms with Gasteiger partial charge in [0.1, 0.15) is 17.9 Å². The standard InChI is InChI=1S/C20H23FN6O/c1-26-9-6-17(16-5-7-22-13-24-16)25-20(26)27-10-8-23-18(12-27)15-4-3-14(21)11-19(15)28-2/h3-7,9,11,13,18,20,23H,8,10,12H2,1-2H3/t18?,20-/m0/s1. The predicted molar refractivity (Wildman–Crippen MR) is 105 cm³/mol. The lowest BCUT2D eigenvalue weighted by Gasteiger charge is -2.41. The van der Waals surface area contributed by atoms with E-state index in [1.54, 1.807) is 19.4 Å². The van der Waals surface area contributed by atoms with Crippen molar-refractivity contribution in [2.24, 2.45) is 4.99 Å². The molecule has 0 aliphatic carbocycles. The third-order valence-electron chi connectivity index (χ3n) is 5.04. The Balaban J connectivity index is 1.57. The van der Waals surface area contributed by atoms with Crippen LogP contribution >= 0.6 is 0 Å². The number of nitrogens with one attached hydrogen (secondary N) is 1. The topological polar surface area (TPSA) is 65.9 Å². The second-order valence-corrected chi connectivity index (χ2v) is 6.82. The summed E-state index contributed by atoms with van der Waals surface area (Å²) in [6, 6.07) is 6.57. The molecule has 1 N–H and O–H groups in total. The SMILES string of the molecule is COc1cc(F)ccc1C1CN([C@H]2N=C(c3ccncn3)C=CN2C)CCN1. The van der Waals surface area contributed by atoms with Crippen LogP contribution in [0.3, 0.4) is 0 Å². The van der Waals surface area contributed by atoms with Crippen LogP contribution in [-0.4, -0.2) is 65.6 Å². The molecule has 2 aliphatic rings. The van der Waals surface area contributed by atoms with Crippen molar-refractivity contribution in [2.45, 2.75) is 12.3 Å². The number of allylic oxidation sites excluding steroid dienone is 1. The average molecular weight is 382 g/mol. The minimum Gasteiger partial charge on any atom is -0.496 e. The van der Waals surface area contributed by atoms with Crippen LogP contribution in [0.15, 0.2) is 54.1 Å². The van der Waals surface area contributed by atoms with E-state index in [0.29, 0.717) is 5.75 Å². The van der Waals surface area contributed by atoms with Gasteiger partial charge >= 0.3 is 0 Å². The smallest absolute Gasteiger partial charge is 0.178 e. The van der Waals surface area contributed by atoms with Crippen molar-refractivity contribution in [3.05, 3.63) is 66.1 Å². The van der Waals surface area contributed by atoms with Gasteiger partial charge in [0.25, 0.3) is 0 Å². The second-order valence-electron chi connectivity index (χ2n) is 6.82. The van der Waals surface area contributed by atoms with Crippen LogP contribution in [0, 0.1) is 5.82 Å². The number of halogens is 1. The van der Waals surface area contributed by atoms with E-state index in [2.05, 4.69) is 25.1 Å². The van der Waals surface area contributed by atoms with Crippen LogP contribution in [0.5, 0.6) is 5.75 Å². The first-order chi connectivity index (χ1) is 13.7. The van der Waals surface area contributed by atoms with Gasteiger partial charge < -0.3 is 15.0 Å². The summed E-state index contributed by atoms with van der Waals surface area (Å²) in [4.78, 5) is 17.6. The lowest BCUT2D eigenvalue weighted by atomic mass is 10.0. The molecule has 1 fully saturated rings. The average Bonchev–Trinajstić information content (AvgIpc) is 2.74. The molecule has 1 unspecified atom stereocenters. The van der Waals surface area contributed by atoms with E-state index in [1.165, 1.54) is 18.5 Å². The van der Waals surface area contributed by atoms with Crippen LogP contribution in [0.1, 0.15) is 17.3 Å². The van der Waals surface area contributed by atoms with Gasteiger partial charge in [-0.1, -0.05) is 6.07 Å². The molecule has 1 aromatic heterocycles. The molecule has 8 heteroatoms. The lowest BCUT2D eigenvalue weighted by molar-refractivity contribution is 0.0679. The Morgan fingerprint density at radius 2 is 2.18 bits per heavy atom. The molecule has 0 amide bonds. The minimum atomic E-state index is -0.301. The molecule has 0 spiro atoms. The number of methoxy groups -OCH3 is 1. The summed E-state index contributed by atoms with van der Waals surface area (Å²) in [5, 5.41) is 3.51. The van der Waals surface area contributed by atoms with Gasteiger partial charge in [0.15, 0.2) is 6.29 Å². The Labute approximate surface area is 163 Å². The zero-order chi connectivity index (χ0) is 19.5. The molecule has 1 aromatic carbocycles. The molecule has 0 saturated carbocycles. The van der Waals surface area contributed by atoms with Gasteiger partial charge in [0.2, 0.25) is 0 Å². The largest absolute Gasteiger partial charge is 0.496 e. The molecular formula is C20H23FN6O. The molecule has 2 aromatic rings. The molecule has 3 heterocycles. The highest BCUT2D eigenvalue weighted by molar-refractivity contribution is 6.07. The molecule has 0 radical (unpaired) electrons. The highest BCUT2D eigenvalue weighted by Gasteiger charge is 2.30. The third kappa shape index (κ3) is 3.74. The number of piperazine rings is 1. The Bertz CT molecular complexity index is 888. The van der Waals surface area contributed by atoms with Gasteiger partial charge in [-0.15, -0.1) is 0 Å². The molecule has 146 valence electrons. The van der Waals surface area contributed by atoms with Gasteiger partial charge in [-0.25, -0.2) is 19.4 Å². The highest BCUT2D eigenvalue weighted by Crippen LogP contribution is 2.29. The van der Waals surface area contributed by atoms with Crippen molar-refractivity contribution >= 4 is 5.71 Å². The fraction of sp³-hybridized carbons (Fsp3) is 0.350. The molecule has 28 heavy (non-hydrogen) atoms. The van der Waals surface area contributed by atoms with Crippen LogP contribution in [0.4, 0.5) is 4.39 Å². The summed E-state index contributed by atoms with van der Waals surface area (Å²) >= 11 is 0. The maximum Gasteiger partial charge on any atom is 0.178 e. The number of rotatable bonds is 4. The van der Waals surface area contributed by atoms with E-state index < -0.39 is 0 Å². The predicted octanol–water partition coefficient (Wildman–Crippen LogP) is 1.80. The van der Waals surface area contributed by atoms with E-state index in [9.17, 15) is 4.39 Å². The first-order valence-electron chi connectivity index (χ1n) is 9.21. The Hall–Kier alpha value is -2.84. The van der Waals surface area contributed by atoms with E-state index in [1.807, 2.05) is 25.4 Å². The van der Waals surface area contributed by atoms with E-state index in [4.69, 9.17) is 9.73 Å². The molecule has 0 bridgehead atoms.